The fraction of sp³-hybridized carbons (Fsp3) is 0.375. The summed E-state index contributed by atoms with van der Waals surface area (Å²) in [6, 6.07) is 7.04. The summed E-state index contributed by atoms with van der Waals surface area (Å²) in [6.07, 6.45) is 1.11. The Hall–Kier alpha value is -2.48. The molecule has 1 aromatic heterocycles. The lowest BCUT2D eigenvalue weighted by Crippen LogP contribution is -2.44. The summed E-state index contributed by atoms with van der Waals surface area (Å²) < 4.78 is 1.50. The van der Waals surface area contributed by atoms with Crippen molar-refractivity contribution < 1.29 is 9.59 Å². The first-order valence-electron chi connectivity index (χ1n) is 7.76. The molecule has 0 bridgehead atoms. The van der Waals surface area contributed by atoms with Crippen molar-refractivity contribution in [2.75, 3.05) is 13.1 Å². The van der Waals surface area contributed by atoms with Gasteiger partial charge >= 0.3 is 0 Å². The van der Waals surface area contributed by atoms with Crippen LogP contribution in [-0.4, -0.2) is 39.4 Å². The minimum atomic E-state index is -0.324. The van der Waals surface area contributed by atoms with E-state index in [1.807, 2.05) is 6.07 Å². The molecule has 7 nitrogen and oxygen atoms in total. The SMILES string of the molecule is NC(=O)C1CCN(C(=O)Cn2c(=S)[nH]c3ccccc3c2=O)CC1. The van der Waals surface area contributed by atoms with Crippen LogP contribution >= 0.6 is 12.2 Å². The monoisotopic (exact) mass is 346 g/mol. The standard InChI is InChI=1S/C16H18N4O3S/c17-14(22)10-5-7-19(8-6-10)13(21)9-20-15(23)11-3-1-2-4-12(11)18-16(20)24/h1-4,10H,5-9H2,(H2,17,22)(H,18,24). The van der Waals surface area contributed by atoms with Crippen molar-refractivity contribution in [3.8, 4) is 0 Å². The van der Waals surface area contributed by atoms with E-state index in [1.54, 1.807) is 23.1 Å². The van der Waals surface area contributed by atoms with Crippen LogP contribution in [0.15, 0.2) is 29.1 Å². The lowest BCUT2D eigenvalue weighted by molar-refractivity contribution is -0.135. The van der Waals surface area contributed by atoms with Gasteiger partial charge in [0, 0.05) is 19.0 Å². The van der Waals surface area contributed by atoms with Gasteiger partial charge in [-0.05, 0) is 37.2 Å². The van der Waals surface area contributed by atoms with Crippen molar-refractivity contribution in [1.29, 1.82) is 0 Å². The molecule has 0 radical (unpaired) electrons. The Morgan fingerprint density at radius 3 is 2.58 bits per heavy atom. The Kier molecular flexibility index (Phi) is 4.48. The summed E-state index contributed by atoms with van der Waals surface area (Å²) >= 11 is 5.22. The first-order chi connectivity index (χ1) is 11.5. The van der Waals surface area contributed by atoms with Crippen molar-refractivity contribution >= 4 is 34.9 Å². The number of piperidine rings is 1. The van der Waals surface area contributed by atoms with Gasteiger partial charge in [0.15, 0.2) is 4.77 Å². The number of primary amides is 1. The van der Waals surface area contributed by atoms with E-state index in [4.69, 9.17) is 18.0 Å². The largest absolute Gasteiger partial charge is 0.369 e. The normalized spacial score (nSPS) is 15.6. The average molecular weight is 346 g/mol. The molecule has 3 rings (SSSR count). The topological polar surface area (TPSA) is 101 Å². The van der Waals surface area contributed by atoms with E-state index in [0.717, 1.165) is 0 Å². The summed E-state index contributed by atoms with van der Waals surface area (Å²) in [5, 5.41) is 0.492. The number of nitrogens with two attached hydrogens (primary N) is 1. The Bertz CT molecular complexity index is 909. The second kappa shape index (κ2) is 6.56. The zero-order chi connectivity index (χ0) is 17.3. The van der Waals surface area contributed by atoms with Crippen LogP contribution in [0.25, 0.3) is 10.9 Å². The van der Waals surface area contributed by atoms with Gasteiger partial charge in [0.25, 0.3) is 5.56 Å². The van der Waals surface area contributed by atoms with Crippen LogP contribution in [0.3, 0.4) is 0 Å². The predicted octanol–water partition coefficient (Wildman–Crippen LogP) is 0.783. The highest BCUT2D eigenvalue weighted by molar-refractivity contribution is 7.71. The van der Waals surface area contributed by atoms with Crippen LogP contribution in [-0.2, 0) is 16.1 Å². The number of carbonyl (C=O) groups is 2. The molecule has 0 saturated carbocycles. The van der Waals surface area contributed by atoms with Gasteiger partial charge in [0.1, 0.15) is 6.54 Å². The minimum Gasteiger partial charge on any atom is -0.369 e. The molecule has 8 heteroatoms. The molecule has 0 aliphatic carbocycles. The highest BCUT2D eigenvalue weighted by Gasteiger charge is 2.26. The lowest BCUT2D eigenvalue weighted by atomic mass is 9.96. The molecule has 1 saturated heterocycles. The van der Waals surface area contributed by atoms with Crippen molar-refractivity contribution in [2.24, 2.45) is 11.7 Å². The van der Waals surface area contributed by atoms with Crippen LogP contribution in [0.1, 0.15) is 12.8 Å². The number of nitrogens with one attached hydrogen (secondary N) is 1. The van der Waals surface area contributed by atoms with Crippen LogP contribution in [0.4, 0.5) is 0 Å². The third-order valence-electron chi connectivity index (χ3n) is 4.43. The van der Waals surface area contributed by atoms with Crippen molar-refractivity contribution in [3.63, 3.8) is 0 Å². The Labute approximate surface area is 143 Å². The highest BCUT2D eigenvalue weighted by atomic mass is 32.1. The maximum absolute atomic E-state index is 12.6. The highest BCUT2D eigenvalue weighted by Crippen LogP contribution is 2.17. The fourth-order valence-corrected chi connectivity index (χ4v) is 3.25. The smallest absolute Gasteiger partial charge is 0.262 e. The molecule has 1 aliphatic heterocycles. The Balaban J connectivity index is 1.80. The molecule has 3 N–H and O–H groups in total. The molecule has 24 heavy (non-hydrogen) atoms. The number of carbonyl (C=O) groups excluding carboxylic acids is 2. The molecule has 2 aromatic rings. The number of nitrogens with zero attached hydrogens (tertiary/aromatic N) is 2. The van der Waals surface area contributed by atoms with E-state index in [0.29, 0.717) is 36.8 Å². The molecule has 1 aromatic carbocycles. The van der Waals surface area contributed by atoms with E-state index in [1.165, 1.54) is 4.57 Å². The van der Waals surface area contributed by atoms with Gasteiger partial charge in [0.05, 0.1) is 10.9 Å². The Morgan fingerprint density at radius 1 is 1.25 bits per heavy atom. The van der Waals surface area contributed by atoms with Gasteiger partial charge in [-0.15, -0.1) is 0 Å². The number of hydrogen-bond donors (Lipinski definition) is 2. The predicted molar refractivity (Wildman–Crippen MR) is 91.9 cm³/mol. The zero-order valence-corrected chi connectivity index (χ0v) is 13.8. The van der Waals surface area contributed by atoms with Gasteiger partial charge in [0.2, 0.25) is 11.8 Å². The molecule has 1 fully saturated rings. The molecule has 2 amide bonds. The Morgan fingerprint density at radius 2 is 1.92 bits per heavy atom. The first-order valence-corrected chi connectivity index (χ1v) is 8.17. The van der Waals surface area contributed by atoms with E-state index in [2.05, 4.69) is 4.98 Å². The number of hydrogen-bond acceptors (Lipinski definition) is 4. The second-order valence-electron chi connectivity index (χ2n) is 5.92. The van der Waals surface area contributed by atoms with Gasteiger partial charge in [-0.25, -0.2) is 0 Å². The molecule has 0 unspecified atom stereocenters. The summed E-state index contributed by atoms with van der Waals surface area (Å²) in [5.74, 6) is -0.689. The molecule has 126 valence electrons. The number of fused-ring (bicyclic) bond motifs is 1. The van der Waals surface area contributed by atoms with Crippen LogP contribution in [0.5, 0.6) is 0 Å². The molecule has 2 heterocycles. The lowest BCUT2D eigenvalue weighted by Gasteiger charge is -2.30. The number of aromatic nitrogens is 2. The van der Waals surface area contributed by atoms with Gasteiger partial charge in [-0.3, -0.25) is 19.0 Å². The average Bonchev–Trinajstić information content (AvgIpc) is 2.58. The van der Waals surface area contributed by atoms with Gasteiger partial charge in [-0.1, -0.05) is 12.1 Å². The molecule has 0 atom stereocenters. The maximum Gasteiger partial charge on any atom is 0.262 e. The summed E-state index contributed by atoms with van der Waals surface area (Å²) in [5.41, 5.74) is 5.67. The van der Waals surface area contributed by atoms with Gasteiger partial charge in [-0.2, -0.15) is 0 Å². The number of para-hydroxylation sites is 1. The van der Waals surface area contributed by atoms with E-state index >= 15 is 0 Å². The third-order valence-corrected chi connectivity index (χ3v) is 4.76. The number of benzene rings is 1. The van der Waals surface area contributed by atoms with E-state index < -0.39 is 0 Å². The van der Waals surface area contributed by atoms with E-state index in [9.17, 15) is 14.4 Å². The molecule has 1 aliphatic rings. The van der Waals surface area contributed by atoms with Crippen LogP contribution in [0.2, 0.25) is 0 Å². The van der Waals surface area contributed by atoms with Crippen molar-refractivity contribution in [3.05, 3.63) is 39.4 Å². The van der Waals surface area contributed by atoms with E-state index in [-0.39, 0.29) is 34.6 Å². The van der Waals surface area contributed by atoms with Crippen LogP contribution in [0, 0.1) is 10.7 Å². The van der Waals surface area contributed by atoms with Gasteiger partial charge < -0.3 is 15.6 Å². The van der Waals surface area contributed by atoms with Crippen molar-refractivity contribution in [1.82, 2.24) is 14.5 Å². The van der Waals surface area contributed by atoms with Crippen LogP contribution < -0.4 is 11.3 Å². The number of rotatable bonds is 3. The fourth-order valence-electron chi connectivity index (χ4n) is 2.99. The number of H-pyrrole nitrogens is 1. The quantitative estimate of drug-likeness (QED) is 0.802. The number of likely N-dealkylation sites (tertiary alicyclic amines) is 1. The first kappa shape index (κ1) is 16.4. The number of aromatic amines is 1. The number of amides is 2. The zero-order valence-electron chi connectivity index (χ0n) is 13.0. The summed E-state index contributed by atoms with van der Waals surface area (Å²) in [4.78, 5) is 40.8. The summed E-state index contributed by atoms with van der Waals surface area (Å²) in [6.45, 7) is 0.816. The minimum absolute atomic E-state index is 0.111. The molecular formula is C16H18N4O3S. The molecule has 0 spiro atoms. The summed E-state index contributed by atoms with van der Waals surface area (Å²) in [7, 11) is 0. The van der Waals surface area contributed by atoms with Crippen molar-refractivity contribution in [2.45, 2.75) is 19.4 Å². The third kappa shape index (κ3) is 3.09. The second-order valence-corrected chi connectivity index (χ2v) is 6.31. The maximum atomic E-state index is 12.6. The molecular weight excluding hydrogens is 328 g/mol.